The molecule has 0 radical (unpaired) electrons. The molecule has 0 unspecified atom stereocenters. The van der Waals surface area contributed by atoms with E-state index in [9.17, 15) is 0 Å². The molecule has 3 heterocycles. The molecule has 0 atom stereocenters. The van der Waals surface area contributed by atoms with Gasteiger partial charge in [-0.2, -0.15) is 5.10 Å². The summed E-state index contributed by atoms with van der Waals surface area (Å²) in [6, 6.07) is 1.94. The van der Waals surface area contributed by atoms with Crippen molar-refractivity contribution in [1.82, 2.24) is 25.4 Å². The summed E-state index contributed by atoms with van der Waals surface area (Å²) in [4.78, 5) is 4.22. The van der Waals surface area contributed by atoms with Crippen molar-refractivity contribution in [2.24, 2.45) is 0 Å². The van der Waals surface area contributed by atoms with Gasteiger partial charge in [0.2, 0.25) is 11.8 Å². The fourth-order valence-corrected chi connectivity index (χ4v) is 1.55. The summed E-state index contributed by atoms with van der Waals surface area (Å²) in [6.07, 6.45) is 1.68. The lowest BCUT2D eigenvalue weighted by Gasteiger charge is -1.94. The number of aromatic amines is 1. The van der Waals surface area contributed by atoms with Crippen molar-refractivity contribution in [3.63, 3.8) is 0 Å². The van der Waals surface area contributed by atoms with Crippen molar-refractivity contribution in [3.8, 4) is 11.5 Å². The highest BCUT2D eigenvalue weighted by atomic mass is 16.4. The van der Waals surface area contributed by atoms with E-state index in [1.165, 1.54) is 0 Å². The summed E-state index contributed by atoms with van der Waals surface area (Å²) >= 11 is 0. The van der Waals surface area contributed by atoms with Crippen LogP contribution < -0.4 is 0 Å². The summed E-state index contributed by atoms with van der Waals surface area (Å²) in [5.74, 6) is 1.02. The molecular formula is C10H9N5O. The van der Waals surface area contributed by atoms with Crippen molar-refractivity contribution in [1.29, 1.82) is 0 Å². The zero-order valence-electron chi connectivity index (χ0n) is 8.85. The van der Waals surface area contributed by atoms with Crippen molar-refractivity contribution in [3.05, 3.63) is 23.8 Å². The molecule has 0 aliphatic rings. The lowest BCUT2D eigenvalue weighted by Crippen LogP contribution is -1.82. The normalized spacial score (nSPS) is 11.1. The molecule has 0 fully saturated rings. The van der Waals surface area contributed by atoms with E-state index in [1.54, 1.807) is 13.1 Å². The van der Waals surface area contributed by atoms with Gasteiger partial charge in [0.05, 0.1) is 5.56 Å². The molecule has 3 aromatic heterocycles. The average molecular weight is 215 g/mol. The van der Waals surface area contributed by atoms with Crippen molar-refractivity contribution >= 4 is 11.0 Å². The Hall–Kier alpha value is -2.24. The number of nitrogens with one attached hydrogen (secondary N) is 1. The van der Waals surface area contributed by atoms with Gasteiger partial charge in [-0.25, -0.2) is 4.98 Å². The Labute approximate surface area is 90.7 Å². The number of pyridine rings is 1. The number of nitrogens with zero attached hydrogens (tertiary/aromatic N) is 4. The number of hydrogen-bond donors (Lipinski definition) is 1. The quantitative estimate of drug-likeness (QED) is 0.667. The Balaban J connectivity index is 2.21. The SMILES string of the molecule is Cc1nnc(-c2cnc3n[nH]c(C)c3c2)o1. The van der Waals surface area contributed by atoms with Crippen LogP contribution in [0.5, 0.6) is 0 Å². The predicted molar refractivity (Wildman–Crippen MR) is 56.7 cm³/mol. The average Bonchev–Trinajstić information content (AvgIpc) is 2.86. The van der Waals surface area contributed by atoms with Gasteiger partial charge in [-0.15, -0.1) is 10.2 Å². The fourth-order valence-electron chi connectivity index (χ4n) is 1.55. The molecule has 3 rings (SSSR count). The zero-order valence-corrected chi connectivity index (χ0v) is 8.85. The van der Waals surface area contributed by atoms with Crippen LogP contribution in [0, 0.1) is 13.8 Å². The van der Waals surface area contributed by atoms with Crippen molar-refractivity contribution in [2.45, 2.75) is 13.8 Å². The van der Waals surface area contributed by atoms with Crippen molar-refractivity contribution in [2.75, 3.05) is 0 Å². The van der Waals surface area contributed by atoms with Crippen LogP contribution in [-0.4, -0.2) is 25.4 Å². The molecule has 0 spiro atoms. The van der Waals surface area contributed by atoms with E-state index in [1.807, 2.05) is 13.0 Å². The third-order valence-electron chi connectivity index (χ3n) is 2.37. The van der Waals surface area contributed by atoms with Crippen molar-refractivity contribution < 1.29 is 4.42 Å². The molecule has 0 aliphatic carbocycles. The molecule has 6 nitrogen and oxygen atoms in total. The molecule has 6 heteroatoms. The molecule has 0 saturated heterocycles. The van der Waals surface area contributed by atoms with E-state index >= 15 is 0 Å². The standard InChI is InChI=1S/C10H9N5O/c1-5-8-3-7(4-11-9(8)14-12-5)10-15-13-6(2)16-10/h3-4H,1-2H3,(H,11,12,14). The first-order chi connectivity index (χ1) is 7.74. The van der Waals surface area contributed by atoms with Crippen LogP contribution in [0.1, 0.15) is 11.6 Å². The van der Waals surface area contributed by atoms with E-state index < -0.39 is 0 Å². The molecular weight excluding hydrogens is 206 g/mol. The highest BCUT2D eigenvalue weighted by Gasteiger charge is 2.09. The highest BCUT2D eigenvalue weighted by Crippen LogP contribution is 2.21. The molecule has 80 valence electrons. The van der Waals surface area contributed by atoms with Gasteiger partial charge in [-0.3, -0.25) is 5.10 Å². The molecule has 0 bridgehead atoms. The molecule has 0 aromatic carbocycles. The minimum absolute atomic E-state index is 0.479. The van der Waals surface area contributed by atoms with E-state index in [-0.39, 0.29) is 0 Å². The van der Waals surface area contributed by atoms with Crippen LogP contribution in [0.2, 0.25) is 0 Å². The van der Waals surface area contributed by atoms with Crippen LogP contribution in [0.15, 0.2) is 16.7 Å². The Kier molecular flexibility index (Phi) is 1.76. The molecule has 0 amide bonds. The third kappa shape index (κ3) is 1.27. The van der Waals surface area contributed by atoms with E-state index in [0.29, 0.717) is 17.4 Å². The Morgan fingerprint density at radius 3 is 2.88 bits per heavy atom. The van der Waals surface area contributed by atoms with Gasteiger partial charge in [0.1, 0.15) is 0 Å². The smallest absolute Gasteiger partial charge is 0.249 e. The molecule has 0 saturated carbocycles. The van der Waals surface area contributed by atoms with Gasteiger partial charge in [0.25, 0.3) is 0 Å². The lowest BCUT2D eigenvalue weighted by atomic mass is 10.2. The highest BCUT2D eigenvalue weighted by molar-refractivity contribution is 5.81. The minimum atomic E-state index is 0.479. The molecule has 0 aliphatic heterocycles. The van der Waals surface area contributed by atoms with Crippen LogP contribution >= 0.6 is 0 Å². The Morgan fingerprint density at radius 2 is 2.12 bits per heavy atom. The van der Waals surface area contributed by atoms with Gasteiger partial charge < -0.3 is 4.42 Å². The molecule has 16 heavy (non-hydrogen) atoms. The minimum Gasteiger partial charge on any atom is -0.421 e. The number of hydrogen-bond acceptors (Lipinski definition) is 5. The van der Waals surface area contributed by atoms with E-state index in [4.69, 9.17) is 4.42 Å². The number of aryl methyl sites for hydroxylation is 2. The number of H-pyrrole nitrogens is 1. The first kappa shape index (κ1) is 9.02. The largest absolute Gasteiger partial charge is 0.421 e. The summed E-state index contributed by atoms with van der Waals surface area (Å²) < 4.78 is 5.34. The van der Waals surface area contributed by atoms with Crippen LogP contribution in [0.4, 0.5) is 0 Å². The molecule has 3 aromatic rings. The van der Waals surface area contributed by atoms with Gasteiger partial charge in [0, 0.05) is 24.2 Å². The maximum atomic E-state index is 5.34. The second kappa shape index (κ2) is 3.13. The number of aromatic nitrogens is 5. The van der Waals surface area contributed by atoms with Crippen LogP contribution in [-0.2, 0) is 0 Å². The van der Waals surface area contributed by atoms with Gasteiger partial charge in [-0.1, -0.05) is 0 Å². The van der Waals surface area contributed by atoms with Gasteiger partial charge >= 0.3 is 0 Å². The van der Waals surface area contributed by atoms with Crippen LogP contribution in [0.25, 0.3) is 22.5 Å². The third-order valence-corrected chi connectivity index (χ3v) is 2.37. The monoisotopic (exact) mass is 215 g/mol. The maximum Gasteiger partial charge on any atom is 0.249 e. The number of rotatable bonds is 1. The summed E-state index contributed by atoms with van der Waals surface area (Å²) in [7, 11) is 0. The zero-order chi connectivity index (χ0) is 11.1. The summed E-state index contributed by atoms with van der Waals surface area (Å²) in [5.41, 5.74) is 2.47. The maximum absolute atomic E-state index is 5.34. The Morgan fingerprint density at radius 1 is 1.25 bits per heavy atom. The van der Waals surface area contributed by atoms with Crippen LogP contribution in [0.3, 0.4) is 0 Å². The summed E-state index contributed by atoms with van der Waals surface area (Å²) in [5, 5.41) is 15.6. The van der Waals surface area contributed by atoms with E-state index in [2.05, 4.69) is 25.4 Å². The van der Waals surface area contributed by atoms with Gasteiger partial charge in [-0.05, 0) is 13.0 Å². The molecule has 1 N–H and O–H groups in total. The summed E-state index contributed by atoms with van der Waals surface area (Å²) in [6.45, 7) is 3.70. The second-order valence-corrected chi connectivity index (χ2v) is 3.57. The van der Waals surface area contributed by atoms with E-state index in [0.717, 1.165) is 16.6 Å². The topological polar surface area (TPSA) is 80.5 Å². The first-order valence-electron chi connectivity index (χ1n) is 4.85. The first-order valence-corrected chi connectivity index (χ1v) is 4.85. The fraction of sp³-hybridized carbons (Fsp3) is 0.200. The van der Waals surface area contributed by atoms with Gasteiger partial charge in [0.15, 0.2) is 5.65 Å². The Bertz CT molecular complexity index is 654. The lowest BCUT2D eigenvalue weighted by molar-refractivity contribution is 0.532. The number of fused-ring (bicyclic) bond motifs is 1. The predicted octanol–water partition coefficient (Wildman–Crippen LogP) is 1.62. The second-order valence-electron chi connectivity index (χ2n) is 3.57.